The van der Waals surface area contributed by atoms with Crippen LogP contribution in [0.25, 0.3) is 0 Å². The van der Waals surface area contributed by atoms with Crippen LogP contribution in [-0.4, -0.2) is 37.8 Å². The lowest BCUT2D eigenvalue weighted by Gasteiger charge is -2.11. The Kier molecular flexibility index (Phi) is 4.32. The number of rotatable bonds is 4. The molecule has 2 rings (SSSR count). The summed E-state index contributed by atoms with van der Waals surface area (Å²) in [6.45, 7) is 0. The summed E-state index contributed by atoms with van der Waals surface area (Å²) in [5.41, 5.74) is 0.0747. The fraction of sp³-hybridized carbons (Fsp3) is 0.143. The van der Waals surface area contributed by atoms with Crippen molar-refractivity contribution in [2.75, 3.05) is 13.4 Å². The van der Waals surface area contributed by atoms with Crippen LogP contribution in [0.4, 0.5) is 0 Å². The van der Waals surface area contributed by atoms with Crippen molar-refractivity contribution < 1.29 is 27.8 Å². The number of hydrogen-bond acceptors (Lipinski definition) is 7. The zero-order chi connectivity index (χ0) is 16.3. The Bertz CT molecular complexity index is 816. The second kappa shape index (κ2) is 6.02. The molecule has 22 heavy (non-hydrogen) atoms. The van der Waals surface area contributed by atoms with Crippen molar-refractivity contribution in [3.05, 3.63) is 42.2 Å². The van der Waals surface area contributed by atoms with Crippen molar-refractivity contribution in [1.29, 1.82) is 0 Å². The lowest BCUT2D eigenvalue weighted by Crippen LogP contribution is -2.06. The topological polar surface area (TPSA) is 103 Å². The summed E-state index contributed by atoms with van der Waals surface area (Å²) in [6.07, 6.45) is 3.59. The number of methoxy groups -OCH3 is 1. The van der Waals surface area contributed by atoms with Crippen LogP contribution in [0.2, 0.25) is 0 Å². The minimum Gasteiger partial charge on any atom is -0.504 e. The van der Waals surface area contributed by atoms with Gasteiger partial charge in [-0.15, -0.1) is 0 Å². The number of pyridine rings is 1. The number of esters is 1. The maximum absolute atomic E-state index is 11.9. The largest absolute Gasteiger partial charge is 0.504 e. The fourth-order valence-corrected chi connectivity index (χ4v) is 2.51. The second-order valence-electron chi connectivity index (χ2n) is 4.37. The number of aromatic nitrogens is 1. The van der Waals surface area contributed by atoms with Gasteiger partial charge in [0.2, 0.25) is 0 Å². The van der Waals surface area contributed by atoms with Crippen LogP contribution in [-0.2, 0) is 14.6 Å². The van der Waals surface area contributed by atoms with E-state index in [1.165, 1.54) is 37.7 Å². The monoisotopic (exact) mass is 323 g/mol. The molecule has 0 aliphatic rings. The van der Waals surface area contributed by atoms with Gasteiger partial charge in [-0.05, 0) is 18.2 Å². The van der Waals surface area contributed by atoms with Gasteiger partial charge < -0.3 is 14.6 Å². The van der Waals surface area contributed by atoms with Gasteiger partial charge in [0.1, 0.15) is 10.6 Å². The molecule has 0 saturated carbocycles. The van der Waals surface area contributed by atoms with Crippen LogP contribution in [0.5, 0.6) is 17.2 Å². The number of carbonyl (C=O) groups is 1. The molecule has 0 spiro atoms. The summed E-state index contributed by atoms with van der Waals surface area (Å²) < 4.78 is 33.7. The third-order valence-electron chi connectivity index (χ3n) is 2.75. The van der Waals surface area contributed by atoms with E-state index in [-0.39, 0.29) is 27.7 Å². The van der Waals surface area contributed by atoms with Gasteiger partial charge in [-0.3, -0.25) is 4.98 Å². The predicted molar refractivity (Wildman–Crippen MR) is 76.9 cm³/mol. The lowest BCUT2D eigenvalue weighted by molar-refractivity contribution is 0.0600. The Hall–Kier alpha value is -2.61. The van der Waals surface area contributed by atoms with E-state index in [2.05, 4.69) is 9.72 Å². The van der Waals surface area contributed by atoms with Crippen molar-refractivity contribution in [2.24, 2.45) is 0 Å². The van der Waals surface area contributed by atoms with Crippen molar-refractivity contribution in [3.8, 4) is 17.2 Å². The first-order chi connectivity index (χ1) is 10.3. The molecule has 0 aliphatic heterocycles. The first-order valence-corrected chi connectivity index (χ1v) is 7.95. The molecule has 1 aromatic carbocycles. The van der Waals surface area contributed by atoms with E-state index in [0.717, 1.165) is 12.3 Å². The molecule has 7 nitrogen and oxygen atoms in total. The number of carbonyl (C=O) groups excluding carboxylic acids is 1. The number of sulfone groups is 1. The predicted octanol–water partition coefficient (Wildman–Crippen LogP) is 1.77. The van der Waals surface area contributed by atoms with Gasteiger partial charge in [0.25, 0.3) is 0 Å². The molecule has 1 N–H and O–H groups in total. The summed E-state index contributed by atoms with van der Waals surface area (Å²) in [4.78, 5) is 15.1. The summed E-state index contributed by atoms with van der Waals surface area (Å²) >= 11 is 0. The Labute approximate surface area is 127 Å². The van der Waals surface area contributed by atoms with E-state index in [1.807, 2.05) is 0 Å². The molecule has 0 bridgehead atoms. The van der Waals surface area contributed by atoms with Crippen molar-refractivity contribution in [1.82, 2.24) is 4.98 Å². The maximum Gasteiger partial charge on any atom is 0.337 e. The number of benzene rings is 1. The minimum atomic E-state index is -3.67. The average Bonchev–Trinajstić information content (AvgIpc) is 2.48. The number of ether oxygens (including phenoxy) is 2. The highest BCUT2D eigenvalue weighted by Crippen LogP contribution is 2.33. The van der Waals surface area contributed by atoms with Crippen LogP contribution in [0.3, 0.4) is 0 Å². The number of hydrogen-bond donors (Lipinski definition) is 1. The molecule has 8 heteroatoms. The summed E-state index contributed by atoms with van der Waals surface area (Å²) in [7, 11) is -2.47. The number of aromatic hydroxyl groups is 1. The smallest absolute Gasteiger partial charge is 0.337 e. The van der Waals surface area contributed by atoms with Crippen LogP contribution < -0.4 is 4.74 Å². The van der Waals surface area contributed by atoms with Gasteiger partial charge in [0, 0.05) is 18.5 Å². The average molecular weight is 323 g/mol. The van der Waals surface area contributed by atoms with Crippen molar-refractivity contribution in [2.45, 2.75) is 4.90 Å². The Balaban J connectivity index is 2.52. The molecule has 0 saturated heterocycles. The quantitative estimate of drug-likeness (QED) is 0.855. The van der Waals surface area contributed by atoms with Crippen molar-refractivity contribution in [3.63, 3.8) is 0 Å². The summed E-state index contributed by atoms with van der Waals surface area (Å²) in [6, 6.07) is 5.14. The molecule has 0 amide bonds. The van der Waals surface area contributed by atoms with Gasteiger partial charge in [-0.1, -0.05) is 0 Å². The van der Waals surface area contributed by atoms with Crippen LogP contribution in [0.15, 0.2) is 41.6 Å². The Morgan fingerprint density at radius 2 is 1.95 bits per heavy atom. The van der Waals surface area contributed by atoms with E-state index in [0.29, 0.717) is 0 Å². The van der Waals surface area contributed by atoms with E-state index in [4.69, 9.17) is 4.74 Å². The molecule has 0 unspecified atom stereocenters. The zero-order valence-electron chi connectivity index (χ0n) is 11.8. The standard InChI is InChI=1S/C14H13NO6S/c1-20-14(17)9-3-4-11(13(7-9)22(2,18)19)21-12-8-15-6-5-10(12)16/h3-8H,1-2H3,(H,15,16). The van der Waals surface area contributed by atoms with Gasteiger partial charge >= 0.3 is 5.97 Å². The third-order valence-corrected chi connectivity index (χ3v) is 3.86. The molecular weight excluding hydrogens is 310 g/mol. The first kappa shape index (κ1) is 15.8. The number of nitrogens with zero attached hydrogens (tertiary/aromatic N) is 1. The van der Waals surface area contributed by atoms with Gasteiger partial charge in [0.05, 0.1) is 18.9 Å². The van der Waals surface area contributed by atoms with Crippen LogP contribution in [0, 0.1) is 0 Å². The Morgan fingerprint density at radius 1 is 1.23 bits per heavy atom. The van der Waals surface area contributed by atoms with Gasteiger partial charge in [-0.2, -0.15) is 0 Å². The highest BCUT2D eigenvalue weighted by atomic mass is 32.2. The summed E-state index contributed by atoms with van der Waals surface area (Å²) in [5.74, 6) is -0.885. The Morgan fingerprint density at radius 3 is 2.55 bits per heavy atom. The van der Waals surface area contributed by atoms with Crippen LogP contribution >= 0.6 is 0 Å². The van der Waals surface area contributed by atoms with E-state index < -0.39 is 15.8 Å². The SMILES string of the molecule is COC(=O)c1ccc(Oc2cnccc2O)c(S(C)(=O)=O)c1. The summed E-state index contributed by atoms with van der Waals surface area (Å²) in [5, 5.41) is 9.66. The molecule has 116 valence electrons. The van der Waals surface area contributed by atoms with E-state index in [1.54, 1.807) is 0 Å². The fourth-order valence-electron chi connectivity index (χ4n) is 1.70. The minimum absolute atomic E-state index is 0.00165. The third kappa shape index (κ3) is 3.34. The van der Waals surface area contributed by atoms with Crippen molar-refractivity contribution >= 4 is 15.8 Å². The van der Waals surface area contributed by atoms with E-state index >= 15 is 0 Å². The highest BCUT2D eigenvalue weighted by Gasteiger charge is 2.19. The lowest BCUT2D eigenvalue weighted by atomic mass is 10.2. The van der Waals surface area contributed by atoms with Gasteiger partial charge in [-0.25, -0.2) is 13.2 Å². The molecule has 2 aromatic rings. The van der Waals surface area contributed by atoms with Gasteiger partial charge in [0.15, 0.2) is 21.3 Å². The first-order valence-electron chi connectivity index (χ1n) is 6.06. The molecule has 0 radical (unpaired) electrons. The molecule has 1 heterocycles. The highest BCUT2D eigenvalue weighted by molar-refractivity contribution is 7.90. The maximum atomic E-state index is 11.9. The molecule has 0 fully saturated rings. The normalized spacial score (nSPS) is 11.0. The molecule has 0 atom stereocenters. The zero-order valence-corrected chi connectivity index (χ0v) is 12.6. The molecule has 0 aliphatic carbocycles. The van der Waals surface area contributed by atoms with E-state index in [9.17, 15) is 18.3 Å². The van der Waals surface area contributed by atoms with Crippen LogP contribution in [0.1, 0.15) is 10.4 Å². The molecule has 1 aromatic heterocycles. The molecular formula is C14H13NO6S. The second-order valence-corrected chi connectivity index (χ2v) is 6.35.